The molecule has 0 aliphatic rings. The molecule has 0 saturated carbocycles. The molecule has 0 aliphatic carbocycles. The Labute approximate surface area is 154 Å². The lowest BCUT2D eigenvalue weighted by atomic mass is 9.95. The quantitative estimate of drug-likeness (QED) is 0.496. The Morgan fingerprint density at radius 2 is 1.68 bits per heavy atom. The Bertz CT molecular complexity index is 467. The van der Waals surface area contributed by atoms with Gasteiger partial charge in [-0.1, -0.05) is 53.2 Å². The smallest absolute Gasteiger partial charge is 0.115 e. The first-order valence-electron chi connectivity index (χ1n) is 9.64. The van der Waals surface area contributed by atoms with Crippen molar-refractivity contribution in [1.82, 2.24) is 16.0 Å². The van der Waals surface area contributed by atoms with E-state index in [-0.39, 0.29) is 5.41 Å². The van der Waals surface area contributed by atoms with Gasteiger partial charge in [0.15, 0.2) is 0 Å². The topological polar surface area (TPSA) is 56.3 Å². The number of hydrogen-bond donors (Lipinski definition) is 4. The number of aromatic hydroxyl groups is 1. The second-order valence-electron chi connectivity index (χ2n) is 8.47. The third kappa shape index (κ3) is 9.24. The Kier molecular flexibility index (Phi) is 9.47. The number of benzene rings is 1. The lowest BCUT2D eigenvalue weighted by Gasteiger charge is -2.29. The van der Waals surface area contributed by atoms with Crippen molar-refractivity contribution in [3.63, 3.8) is 0 Å². The van der Waals surface area contributed by atoms with E-state index in [1.165, 1.54) is 12.0 Å². The summed E-state index contributed by atoms with van der Waals surface area (Å²) < 4.78 is 0. The first-order valence-corrected chi connectivity index (χ1v) is 9.64. The molecule has 0 amide bonds. The fraction of sp³-hybridized carbons (Fsp3) is 0.714. The molecule has 1 aromatic carbocycles. The van der Waals surface area contributed by atoms with E-state index in [0.717, 1.165) is 26.1 Å². The summed E-state index contributed by atoms with van der Waals surface area (Å²) in [7, 11) is 2.02. The van der Waals surface area contributed by atoms with Crippen molar-refractivity contribution in [3.8, 4) is 5.75 Å². The van der Waals surface area contributed by atoms with E-state index in [9.17, 15) is 5.11 Å². The molecule has 0 unspecified atom stereocenters. The lowest BCUT2D eigenvalue weighted by molar-refractivity contribution is 0.310. The Morgan fingerprint density at radius 1 is 1.04 bits per heavy atom. The molecule has 0 bridgehead atoms. The van der Waals surface area contributed by atoms with Gasteiger partial charge >= 0.3 is 0 Å². The van der Waals surface area contributed by atoms with Crippen LogP contribution in [0.15, 0.2) is 24.3 Å². The third-order valence-corrected chi connectivity index (χ3v) is 4.72. The SMILES string of the molecule is CC[C@H](C)[C@@H](CNC)NC[C@@H](Cc1ccc(O)cc1)NCC(C)(C)C. The van der Waals surface area contributed by atoms with Crippen LogP contribution in [0, 0.1) is 11.3 Å². The van der Waals surface area contributed by atoms with Crippen LogP contribution < -0.4 is 16.0 Å². The maximum absolute atomic E-state index is 9.49. The molecule has 4 nitrogen and oxygen atoms in total. The standard InChI is InChI=1S/C21H39N3O/c1-7-16(2)20(14-22-6)23-13-18(24-15-21(3,4)5)12-17-8-10-19(25)11-9-17/h8-11,16,18,20,22-25H,7,12-15H2,1-6H3/t16-,18+,20+/m0/s1. The largest absolute Gasteiger partial charge is 0.508 e. The van der Waals surface area contributed by atoms with Gasteiger partial charge in [0.2, 0.25) is 0 Å². The summed E-state index contributed by atoms with van der Waals surface area (Å²) in [6.45, 7) is 14.2. The molecular weight excluding hydrogens is 310 g/mol. The maximum Gasteiger partial charge on any atom is 0.115 e. The minimum Gasteiger partial charge on any atom is -0.508 e. The summed E-state index contributed by atoms with van der Waals surface area (Å²) in [6, 6.07) is 8.42. The highest BCUT2D eigenvalue weighted by Crippen LogP contribution is 2.14. The van der Waals surface area contributed by atoms with Gasteiger partial charge in [0, 0.05) is 31.7 Å². The first kappa shape index (κ1) is 21.9. The summed E-state index contributed by atoms with van der Waals surface area (Å²) in [6.07, 6.45) is 2.13. The fourth-order valence-electron chi connectivity index (χ4n) is 2.86. The van der Waals surface area contributed by atoms with E-state index in [1.54, 1.807) is 12.1 Å². The molecule has 0 aliphatic heterocycles. The molecule has 144 valence electrons. The van der Waals surface area contributed by atoms with Crippen molar-refractivity contribution in [2.45, 2.75) is 59.5 Å². The molecule has 1 aromatic rings. The Balaban J connectivity index is 2.70. The van der Waals surface area contributed by atoms with E-state index < -0.39 is 0 Å². The van der Waals surface area contributed by atoms with Crippen molar-refractivity contribution < 1.29 is 5.11 Å². The monoisotopic (exact) mass is 349 g/mol. The zero-order chi connectivity index (χ0) is 18.9. The summed E-state index contributed by atoms with van der Waals surface area (Å²) in [5.41, 5.74) is 1.51. The molecule has 0 heterocycles. The predicted octanol–water partition coefficient (Wildman–Crippen LogP) is 3.16. The summed E-state index contributed by atoms with van der Waals surface area (Å²) in [4.78, 5) is 0. The molecule has 25 heavy (non-hydrogen) atoms. The maximum atomic E-state index is 9.49. The summed E-state index contributed by atoms with van der Waals surface area (Å²) >= 11 is 0. The van der Waals surface area contributed by atoms with Gasteiger partial charge in [0.25, 0.3) is 0 Å². The van der Waals surface area contributed by atoms with Gasteiger partial charge in [-0.3, -0.25) is 0 Å². The average Bonchev–Trinajstić information content (AvgIpc) is 2.56. The lowest BCUT2D eigenvalue weighted by Crippen LogP contribution is -2.50. The molecule has 4 N–H and O–H groups in total. The average molecular weight is 350 g/mol. The molecule has 0 saturated heterocycles. The minimum absolute atomic E-state index is 0.258. The van der Waals surface area contributed by atoms with E-state index in [2.05, 4.69) is 50.6 Å². The van der Waals surface area contributed by atoms with Gasteiger partial charge in [-0.05, 0) is 42.5 Å². The van der Waals surface area contributed by atoms with Gasteiger partial charge in [-0.15, -0.1) is 0 Å². The van der Waals surface area contributed by atoms with E-state index in [4.69, 9.17) is 0 Å². The normalized spacial score (nSPS) is 15.8. The molecule has 4 heteroatoms. The molecule has 0 fully saturated rings. The van der Waals surface area contributed by atoms with Crippen LogP contribution in [0.1, 0.15) is 46.6 Å². The van der Waals surface area contributed by atoms with Crippen molar-refractivity contribution in [2.75, 3.05) is 26.7 Å². The van der Waals surface area contributed by atoms with Gasteiger partial charge in [0.1, 0.15) is 5.75 Å². The Morgan fingerprint density at radius 3 is 2.20 bits per heavy atom. The number of rotatable bonds is 11. The number of phenolic OH excluding ortho intramolecular Hbond substituents is 1. The van der Waals surface area contributed by atoms with Crippen LogP contribution in [0.25, 0.3) is 0 Å². The zero-order valence-corrected chi connectivity index (χ0v) is 17.0. The summed E-state index contributed by atoms with van der Waals surface area (Å²) in [5.74, 6) is 0.969. The van der Waals surface area contributed by atoms with Crippen LogP contribution in [0.2, 0.25) is 0 Å². The number of phenols is 1. The number of hydrogen-bond acceptors (Lipinski definition) is 4. The third-order valence-electron chi connectivity index (χ3n) is 4.72. The fourth-order valence-corrected chi connectivity index (χ4v) is 2.86. The van der Waals surface area contributed by atoms with E-state index in [0.29, 0.717) is 23.8 Å². The molecule has 0 aromatic heterocycles. The van der Waals surface area contributed by atoms with Crippen LogP contribution in [-0.2, 0) is 6.42 Å². The van der Waals surface area contributed by atoms with E-state index >= 15 is 0 Å². The second kappa shape index (κ2) is 10.8. The molecule has 0 spiro atoms. The van der Waals surface area contributed by atoms with Crippen molar-refractivity contribution in [1.29, 1.82) is 0 Å². The zero-order valence-electron chi connectivity index (χ0n) is 17.0. The highest BCUT2D eigenvalue weighted by Gasteiger charge is 2.19. The summed E-state index contributed by atoms with van der Waals surface area (Å²) in [5, 5.41) is 20.3. The van der Waals surface area contributed by atoms with Crippen LogP contribution in [0.3, 0.4) is 0 Å². The minimum atomic E-state index is 0.258. The Hall–Kier alpha value is -1.10. The molecule has 1 rings (SSSR count). The van der Waals surface area contributed by atoms with E-state index in [1.807, 2.05) is 19.2 Å². The molecular formula is C21H39N3O. The highest BCUT2D eigenvalue weighted by molar-refractivity contribution is 5.26. The highest BCUT2D eigenvalue weighted by atomic mass is 16.3. The number of likely N-dealkylation sites (N-methyl/N-ethyl adjacent to an activating group) is 1. The van der Waals surface area contributed by atoms with Crippen LogP contribution >= 0.6 is 0 Å². The van der Waals surface area contributed by atoms with Gasteiger partial charge in [-0.25, -0.2) is 0 Å². The van der Waals surface area contributed by atoms with Gasteiger partial charge < -0.3 is 21.1 Å². The predicted molar refractivity (Wildman–Crippen MR) is 108 cm³/mol. The van der Waals surface area contributed by atoms with Gasteiger partial charge in [-0.2, -0.15) is 0 Å². The van der Waals surface area contributed by atoms with Crippen molar-refractivity contribution >= 4 is 0 Å². The van der Waals surface area contributed by atoms with Gasteiger partial charge in [0.05, 0.1) is 0 Å². The number of nitrogens with one attached hydrogen (secondary N) is 3. The second-order valence-corrected chi connectivity index (χ2v) is 8.47. The van der Waals surface area contributed by atoms with Crippen LogP contribution in [0.5, 0.6) is 5.75 Å². The molecule has 0 radical (unpaired) electrons. The van der Waals surface area contributed by atoms with Crippen LogP contribution in [0.4, 0.5) is 0 Å². The van der Waals surface area contributed by atoms with Crippen molar-refractivity contribution in [3.05, 3.63) is 29.8 Å². The van der Waals surface area contributed by atoms with Crippen LogP contribution in [-0.4, -0.2) is 43.9 Å². The van der Waals surface area contributed by atoms with Crippen molar-refractivity contribution in [2.24, 2.45) is 11.3 Å². The molecule has 3 atom stereocenters. The first-order chi connectivity index (χ1) is 11.7.